The molecule has 0 fully saturated rings. The van der Waals surface area contributed by atoms with Crippen LogP contribution in [0.5, 0.6) is 5.75 Å². The fourth-order valence-electron chi connectivity index (χ4n) is 1.86. The number of fused-ring (bicyclic) bond motifs is 2. The second kappa shape index (κ2) is 3.36. The van der Waals surface area contributed by atoms with Crippen molar-refractivity contribution < 1.29 is 19.0 Å². The molecule has 0 saturated heterocycles. The lowest BCUT2D eigenvalue weighted by Gasteiger charge is -2.02. The minimum absolute atomic E-state index is 0.0936. The van der Waals surface area contributed by atoms with E-state index in [1.54, 1.807) is 6.07 Å². The van der Waals surface area contributed by atoms with Crippen molar-refractivity contribution in [2.45, 2.75) is 6.61 Å². The third-order valence-corrected chi connectivity index (χ3v) is 2.63. The highest BCUT2D eigenvalue weighted by Gasteiger charge is 2.14. The van der Waals surface area contributed by atoms with Gasteiger partial charge in [0.15, 0.2) is 5.43 Å². The number of aliphatic hydroxyl groups is 1. The number of benzene rings is 1. The molecule has 0 aliphatic heterocycles. The molecule has 3 rings (SSSR count). The third-order valence-electron chi connectivity index (χ3n) is 2.63. The van der Waals surface area contributed by atoms with Crippen LogP contribution in [-0.2, 0) is 6.61 Å². The largest absolute Gasteiger partial charge is 0.506 e. The van der Waals surface area contributed by atoms with Crippen LogP contribution < -0.4 is 5.43 Å². The molecule has 0 spiro atoms. The number of hydrogen-bond acceptors (Lipinski definition) is 5. The van der Waals surface area contributed by atoms with Gasteiger partial charge in [-0.3, -0.25) is 4.79 Å². The van der Waals surface area contributed by atoms with Crippen molar-refractivity contribution in [2.75, 3.05) is 0 Å². The van der Waals surface area contributed by atoms with Gasteiger partial charge in [-0.1, -0.05) is 0 Å². The smallest absolute Gasteiger partial charge is 0.196 e. The maximum Gasteiger partial charge on any atom is 0.196 e. The van der Waals surface area contributed by atoms with Gasteiger partial charge in [0.05, 0.1) is 11.6 Å². The summed E-state index contributed by atoms with van der Waals surface area (Å²) in [4.78, 5) is 11.8. The first-order chi connectivity index (χ1) is 8.20. The molecule has 2 heterocycles. The number of aliphatic hydroxyl groups excluding tert-OH is 1. The van der Waals surface area contributed by atoms with Crippen LogP contribution in [0.15, 0.2) is 38.1 Å². The first kappa shape index (κ1) is 9.92. The van der Waals surface area contributed by atoms with E-state index in [1.165, 1.54) is 12.3 Å². The monoisotopic (exact) mass is 232 g/mol. The van der Waals surface area contributed by atoms with E-state index in [2.05, 4.69) is 0 Å². The van der Waals surface area contributed by atoms with Crippen LogP contribution in [0, 0.1) is 0 Å². The lowest BCUT2D eigenvalue weighted by Crippen LogP contribution is -2.02. The summed E-state index contributed by atoms with van der Waals surface area (Å²) in [5.74, 6) is -0.0164. The quantitative estimate of drug-likeness (QED) is 0.667. The molecule has 0 unspecified atom stereocenters. The molecule has 0 aliphatic rings. The van der Waals surface area contributed by atoms with Gasteiger partial charge in [-0.25, -0.2) is 0 Å². The Kier molecular flexibility index (Phi) is 1.96. The minimum atomic E-state index is -0.393. The average Bonchev–Trinajstić information content (AvgIpc) is 2.76. The predicted molar refractivity (Wildman–Crippen MR) is 59.8 cm³/mol. The zero-order valence-corrected chi connectivity index (χ0v) is 8.64. The SMILES string of the molecule is O=c1cc(CO)oc2cc3occc3c(O)c12. The number of phenols is 1. The Labute approximate surface area is 94.5 Å². The summed E-state index contributed by atoms with van der Waals surface area (Å²) in [7, 11) is 0. The van der Waals surface area contributed by atoms with E-state index in [0.717, 1.165) is 6.07 Å². The van der Waals surface area contributed by atoms with Crippen LogP contribution in [0.3, 0.4) is 0 Å². The van der Waals surface area contributed by atoms with Crippen molar-refractivity contribution in [3.8, 4) is 5.75 Å². The molecular formula is C12H8O5. The summed E-state index contributed by atoms with van der Waals surface area (Å²) in [5, 5.41) is 19.5. The van der Waals surface area contributed by atoms with Crippen LogP contribution in [0.25, 0.3) is 21.9 Å². The molecule has 0 amide bonds. The van der Waals surface area contributed by atoms with E-state index < -0.39 is 5.43 Å². The summed E-state index contributed by atoms with van der Waals surface area (Å²) in [6.45, 7) is -0.373. The molecule has 0 radical (unpaired) electrons. The van der Waals surface area contributed by atoms with E-state index in [0.29, 0.717) is 11.0 Å². The highest BCUT2D eigenvalue weighted by atomic mass is 16.4. The summed E-state index contributed by atoms with van der Waals surface area (Å²) in [5.41, 5.74) is 0.227. The first-order valence-corrected chi connectivity index (χ1v) is 4.97. The molecule has 5 nitrogen and oxygen atoms in total. The average molecular weight is 232 g/mol. The van der Waals surface area contributed by atoms with Crippen LogP contribution >= 0.6 is 0 Å². The molecule has 0 aliphatic carbocycles. The molecule has 3 aromatic rings. The molecule has 0 atom stereocenters. The molecule has 17 heavy (non-hydrogen) atoms. The normalized spacial score (nSPS) is 11.4. The number of furan rings is 1. The zero-order valence-electron chi connectivity index (χ0n) is 8.64. The highest BCUT2D eigenvalue weighted by Crippen LogP contribution is 2.32. The van der Waals surface area contributed by atoms with Gasteiger partial charge in [0.25, 0.3) is 0 Å². The maximum atomic E-state index is 11.8. The van der Waals surface area contributed by atoms with Gasteiger partial charge in [-0.05, 0) is 6.07 Å². The second-order valence-electron chi connectivity index (χ2n) is 3.67. The van der Waals surface area contributed by atoms with Gasteiger partial charge in [0.1, 0.15) is 34.7 Å². The first-order valence-electron chi connectivity index (χ1n) is 4.97. The summed E-state index contributed by atoms with van der Waals surface area (Å²) < 4.78 is 10.4. The third kappa shape index (κ3) is 1.33. The van der Waals surface area contributed by atoms with Crippen molar-refractivity contribution in [3.05, 3.63) is 40.4 Å². The molecule has 5 heteroatoms. The van der Waals surface area contributed by atoms with Crippen molar-refractivity contribution in [1.82, 2.24) is 0 Å². The number of hydrogen-bond donors (Lipinski definition) is 2. The number of rotatable bonds is 1. The fourth-order valence-corrected chi connectivity index (χ4v) is 1.86. The number of phenolic OH excluding ortho intramolecular Hbond substituents is 1. The lowest BCUT2D eigenvalue weighted by atomic mass is 10.1. The lowest BCUT2D eigenvalue weighted by molar-refractivity contribution is 0.248. The Morgan fingerprint density at radius 3 is 2.82 bits per heavy atom. The summed E-state index contributed by atoms with van der Waals surface area (Å²) in [6.07, 6.45) is 1.42. The summed E-state index contributed by atoms with van der Waals surface area (Å²) in [6, 6.07) is 4.25. The Balaban J connectivity index is 2.56. The van der Waals surface area contributed by atoms with Crippen molar-refractivity contribution in [3.63, 3.8) is 0 Å². The molecule has 2 N–H and O–H groups in total. The fraction of sp³-hybridized carbons (Fsp3) is 0.0833. The summed E-state index contributed by atoms with van der Waals surface area (Å²) >= 11 is 0. The highest BCUT2D eigenvalue weighted by molar-refractivity contribution is 6.00. The van der Waals surface area contributed by atoms with E-state index in [4.69, 9.17) is 13.9 Å². The Morgan fingerprint density at radius 1 is 1.24 bits per heavy atom. The maximum absolute atomic E-state index is 11.8. The van der Waals surface area contributed by atoms with Gasteiger partial charge >= 0.3 is 0 Å². The van der Waals surface area contributed by atoms with Gasteiger partial charge in [0.2, 0.25) is 0 Å². The molecule has 0 bridgehead atoms. The van der Waals surface area contributed by atoms with Crippen molar-refractivity contribution >= 4 is 21.9 Å². The van der Waals surface area contributed by atoms with Crippen molar-refractivity contribution in [1.29, 1.82) is 0 Å². The minimum Gasteiger partial charge on any atom is -0.506 e. The van der Waals surface area contributed by atoms with Gasteiger partial charge in [-0.15, -0.1) is 0 Å². The van der Waals surface area contributed by atoms with Crippen LogP contribution in [0.4, 0.5) is 0 Å². The van der Waals surface area contributed by atoms with Gasteiger partial charge < -0.3 is 19.0 Å². The molecule has 1 aromatic carbocycles. The number of aromatic hydroxyl groups is 1. The van der Waals surface area contributed by atoms with Crippen molar-refractivity contribution in [2.24, 2.45) is 0 Å². The van der Waals surface area contributed by atoms with Gasteiger partial charge in [0, 0.05) is 12.1 Å². The molecule has 86 valence electrons. The van der Waals surface area contributed by atoms with E-state index in [1.807, 2.05) is 0 Å². The van der Waals surface area contributed by atoms with Gasteiger partial charge in [-0.2, -0.15) is 0 Å². The molecule has 2 aromatic heterocycles. The molecular weight excluding hydrogens is 224 g/mol. The molecule has 0 saturated carbocycles. The Bertz CT molecular complexity index is 765. The standard InChI is InChI=1S/C12H8O5/c13-5-6-3-8(14)11-10(17-6)4-9-7(12(11)15)1-2-16-9/h1-4,13,15H,5H2. The van der Waals surface area contributed by atoms with Crippen LogP contribution in [0.2, 0.25) is 0 Å². The van der Waals surface area contributed by atoms with E-state index in [9.17, 15) is 9.90 Å². The Morgan fingerprint density at radius 2 is 2.06 bits per heavy atom. The Hall–Kier alpha value is -2.27. The predicted octanol–water partition coefficient (Wildman–Crippen LogP) is 1.74. The van der Waals surface area contributed by atoms with Crippen LogP contribution in [-0.4, -0.2) is 10.2 Å². The second-order valence-corrected chi connectivity index (χ2v) is 3.67. The van der Waals surface area contributed by atoms with E-state index in [-0.39, 0.29) is 29.1 Å². The topological polar surface area (TPSA) is 83.8 Å². The zero-order chi connectivity index (χ0) is 12.0. The van der Waals surface area contributed by atoms with Crippen LogP contribution in [0.1, 0.15) is 5.76 Å². The van der Waals surface area contributed by atoms with E-state index >= 15 is 0 Å².